The van der Waals surface area contributed by atoms with E-state index in [1.165, 1.54) is 19.3 Å². The zero-order valence-corrected chi connectivity index (χ0v) is 6.06. The van der Waals surface area contributed by atoms with E-state index in [4.69, 9.17) is 0 Å². The molecule has 0 bridgehead atoms. The second-order valence-electron chi connectivity index (χ2n) is 2.52. The van der Waals surface area contributed by atoms with E-state index in [0.29, 0.717) is 6.04 Å². The number of hydrogen-bond donors (Lipinski definition) is 1. The first-order valence-electron chi connectivity index (χ1n) is 3.83. The molecule has 1 aliphatic rings. The van der Waals surface area contributed by atoms with E-state index in [9.17, 15) is 0 Å². The highest BCUT2D eigenvalue weighted by Gasteiger charge is 2.04. The molecule has 0 fully saturated rings. The number of rotatable bonds is 2. The van der Waals surface area contributed by atoms with Gasteiger partial charge in [0.15, 0.2) is 0 Å². The molecule has 0 aromatic rings. The van der Waals surface area contributed by atoms with Crippen LogP contribution in [0.4, 0.5) is 0 Å². The Kier molecular flexibility index (Phi) is 2.78. The van der Waals surface area contributed by atoms with Gasteiger partial charge in [-0.05, 0) is 25.8 Å². The zero-order valence-electron chi connectivity index (χ0n) is 6.06. The summed E-state index contributed by atoms with van der Waals surface area (Å²) in [6.45, 7) is 3.25. The largest absolute Gasteiger partial charge is 0.311 e. The van der Waals surface area contributed by atoms with Crippen LogP contribution < -0.4 is 5.32 Å². The minimum absolute atomic E-state index is 0.670. The van der Waals surface area contributed by atoms with Crippen molar-refractivity contribution in [2.75, 3.05) is 6.54 Å². The molecule has 0 aliphatic heterocycles. The first-order chi connectivity index (χ1) is 4.43. The second-order valence-corrected chi connectivity index (χ2v) is 2.52. The lowest BCUT2D eigenvalue weighted by atomic mass is 10.0. The molecule has 1 atom stereocenters. The van der Waals surface area contributed by atoms with Crippen LogP contribution in [0.1, 0.15) is 26.2 Å². The molecule has 1 rings (SSSR count). The highest BCUT2D eigenvalue weighted by atomic mass is 14.9. The van der Waals surface area contributed by atoms with Gasteiger partial charge in [-0.25, -0.2) is 0 Å². The van der Waals surface area contributed by atoms with Crippen LogP contribution in [0.2, 0.25) is 0 Å². The maximum atomic E-state index is 3.40. The third-order valence-electron chi connectivity index (χ3n) is 1.72. The van der Waals surface area contributed by atoms with Crippen molar-refractivity contribution >= 4 is 0 Å². The first kappa shape index (κ1) is 6.81. The maximum Gasteiger partial charge on any atom is 0.0249 e. The lowest BCUT2D eigenvalue weighted by Crippen LogP contribution is -2.27. The molecule has 0 heterocycles. The fourth-order valence-corrected chi connectivity index (χ4v) is 1.24. The Balaban J connectivity index is 2.23. The van der Waals surface area contributed by atoms with Gasteiger partial charge < -0.3 is 5.32 Å². The molecule has 1 aliphatic carbocycles. The van der Waals surface area contributed by atoms with Crippen molar-refractivity contribution in [2.24, 2.45) is 0 Å². The number of likely N-dealkylation sites (N-methyl/N-ethyl adjacent to an activating group) is 1. The molecule has 0 saturated heterocycles. The number of hydrogen-bond acceptors (Lipinski definition) is 1. The Bertz CT molecular complexity index is 96.7. The number of allylic oxidation sites excluding steroid dienone is 1. The highest BCUT2D eigenvalue weighted by molar-refractivity contribution is 4.96. The van der Waals surface area contributed by atoms with Gasteiger partial charge in [-0.1, -0.05) is 19.1 Å². The van der Waals surface area contributed by atoms with Crippen LogP contribution in [0.25, 0.3) is 0 Å². The molecule has 0 amide bonds. The molecule has 1 N–H and O–H groups in total. The van der Waals surface area contributed by atoms with Gasteiger partial charge in [0.25, 0.3) is 0 Å². The average Bonchev–Trinajstić information content (AvgIpc) is 1.91. The van der Waals surface area contributed by atoms with Gasteiger partial charge >= 0.3 is 0 Å². The Morgan fingerprint density at radius 1 is 1.67 bits per heavy atom. The third-order valence-corrected chi connectivity index (χ3v) is 1.72. The van der Waals surface area contributed by atoms with E-state index in [1.807, 2.05) is 0 Å². The molecular formula is C8H15N. The summed E-state index contributed by atoms with van der Waals surface area (Å²) in [5.41, 5.74) is 0. The van der Waals surface area contributed by atoms with E-state index in [0.717, 1.165) is 6.54 Å². The predicted molar refractivity (Wildman–Crippen MR) is 40.5 cm³/mol. The topological polar surface area (TPSA) is 12.0 Å². The summed E-state index contributed by atoms with van der Waals surface area (Å²) < 4.78 is 0. The lowest BCUT2D eigenvalue weighted by Gasteiger charge is -2.16. The van der Waals surface area contributed by atoms with Crippen molar-refractivity contribution in [2.45, 2.75) is 32.2 Å². The molecule has 52 valence electrons. The van der Waals surface area contributed by atoms with Crippen LogP contribution in [0, 0.1) is 0 Å². The maximum absolute atomic E-state index is 3.40. The third kappa shape index (κ3) is 2.19. The van der Waals surface area contributed by atoms with Crippen LogP contribution in [0.5, 0.6) is 0 Å². The molecule has 1 unspecified atom stereocenters. The second kappa shape index (κ2) is 3.67. The van der Waals surface area contributed by atoms with E-state index in [-0.39, 0.29) is 0 Å². The summed E-state index contributed by atoms with van der Waals surface area (Å²) in [6, 6.07) is 0.670. The summed E-state index contributed by atoms with van der Waals surface area (Å²) in [4.78, 5) is 0. The molecule has 0 aromatic carbocycles. The summed E-state index contributed by atoms with van der Waals surface area (Å²) in [6.07, 6.45) is 8.52. The monoisotopic (exact) mass is 125 g/mol. The van der Waals surface area contributed by atoms with Crippen molar-refractivity contribution < 1.29 is 0 Å². The molecule has 0 aromatic heterocycles. The molecule has 9 heavy (non-hydrogen) atoms. The summed E-state index contributed by atoms with van der Waals surface area (Å²) >= 11 is 0. The van der Waals surface area contributed by atoms with Crippen LogP contribution in [-0.4, -0.2) is 12.6 Å². The van der Waals surface area contributed by atoms with Gasteiger partial charge in [-0.2, -0.15) is 0 Å². The van der Waals surface area contributed by atoms with Crippen LogP contribution >= 0.6 is 0 Å². The van der Waals surface area contributed by atoms with Crippen LogP contribution in [-0.2, 0) is 0 Å². The van der Waals surface area contributed by atoms with Gasteiger partial charge in [0.05, 0.1) is 0 Å². The molecule has 1 heteroatoms. The van der Waals surface area contributed by atoms with Gasteiger partial charge in [0.1, 0.15) is 0 Å². The van der Waals surface area contributed by atoms with Gasteiger partial charge in [-0.15, -0.1) is 0 Å². The average molecular weight is 125 g/mol. The van der Waals surface area contributed by atoms with Gasteiger partial charge in [-0.3, -0.25) is 0 Å². The number of nitrogens with one attached hydrogen (secondary N) is 1. The highest BCUT2D eigenvalue weighted by Crippen LogP contribution is 2.09. The summed E-state index contributed by atoms with van der Waals surface area (Å²) in [7, 11) is 0. The van der Waals surface area contributed by atoms with Crippen LogP contribution in [0.15, 0.2) is 12.2 Å². The van der Waals surface area contributed by atoms with E-state index in [2.05, 4.69) is 24.4 Å². The Morgan fingerprint density at radius 2 is 2.56 bits per heavy atom. The Labute approximate surface area is 57.1 Å². The fourth-order valence-electron chi connectivity index (χ4n) is 1.24. The standard InChI is InChI=1S/C8H15N/c1-2-9-8-6-4-3-5-7-8/h4,6,8-9H,2-3,5,7H2,1H3. The Hall–Kier alpha value is -0.300. The van der Waals surface area contributed by atoms with E-state index in [1.54, 1.807) is 0 Å². The normalized spacial score (nSPS) is 26.6. The van der Waals surface area contributed by atoms with Crippen molar-refractivity contribution in [3.8, 4) is 0 Å². The van der Waals surface area contributed by atoms with Gasteiger partial charge in [0.2, 0.25) is 0 Å². The quantitative estimate of drug-likeness (QED) is 0.554. The van der Waals surface area contributed by atoms with Crippen molar-refractivity contribution in [3.63, 3.8) is 0 Å². The predicted octanol–water partition coefficient (Wildman–Crippen LogP) is 1.70. The van der Waals surface area contributed by atoms with E-state index < -0.39 is 0 Å². The lowest BCUT2D eigenvalue weighted by molar-refractivity contribution is 0.537. The molecular weight excluding hydrogens is 110 g/mol. The first-order valence-corrected chi connectivity index (χ1v) is 3.83. The zero-order chi connectivity index (χ0) is 6.53. The smallest absolute Gasteiger partial charge is 0.0249 e. The summed E-state index contributed by atoms with van der Waals surface area (Å²) in [5.74, 6) is 0. The fraction of sp³-hybridized carbons (Fsp3) is 0.750. The SMILES string of the molecule is CCNC1C=CCCC1. The van der Waals surface area contributed by atoms with Gasteiger partial charge in [0, 0.05) is 6.04 Å². The Morgan fingerprint density at radius 3 is 3.11 bits per heavy atom. The van der Waals surface area contributed by atoms with Crippen molar-refractivity contribution in [3.05, 3.63) is 12.2 Å². The summed E-state index contributed by atoms with van der Waals surface area (Å²) in [5, 5.41) is 3.40. The molecule has 0 spiro atoms. The molecule has 0 radical (unpaired) electrons. The minimum atomic E-state index is 0.670. The van der Waals surface area contributed by atoms with Crippen LogP contribution in [0.3, 0.4) is 0 Å². The van der Waals surface area contributed by atoms with Crippen molar-refractivity contribution in [1.29, 1.82) is 0 Å². The van der Waals surface area contributed by atoms with E-state index >= 15 is 0 Å². The van der Waals surface area contributed by atoms with Crippen molar-refractivity contribution in [1.82, 2.24) is 5.32 Å². The molecule has 0 saturated carbocycles. The molecule has 1 nitrogen and oxygen atoms in total. The minimum Gasteiger partial charge on any atom is -0.311 e.